The molecule has 13 heavy (non-hydrogen) atoms. The molecule has 0 saturated carbocycles. The number of hydrogen-bond acceptors (Lipinski definition) is 3. The van der Waals surface area contributed by atoms with Gasteiger partial charge in [-0.2, -0.15) is 5.26 Å². The number of thiophene rings is 1. The molecule has 2 nitrogen and oxygen atoms in total. The Kier molecular flexibility index (Phi) is 2.62. The van der Waals surface area contributed by atoms with Gasteiger partial charge in [0.2, 0.25) is 0 Å². The van der Waals surface area contributed by atoms with Gasteiger partial charge in [-0.3, -0.25) is 0 Å². The van der Waals surface area contributed by atoms with Gasteiger partial charge in [0.15, 0.2) is 0 Å². The molecule has 0 radical (unpaired) electrons. The summed E-state index contributed by atoms with van der Waals surface area (Å²) in [4.78, 5) is 1.22. The first-order chi connectivity index (χ1) is 6.42. The lowest BCUT2D eigenvalue weighted by Crippen LogP contribution is -2.14. The molecule has 0 aliphatic carbocycles. The van der Waals surface area contributed by atoms with Gasteiger partial charge in [-0.05, 0) is 36.9 Å². The van der Waals surface area contributed by atoms with Gasteiger partial charge in [0.25, 0.3) is 0 Å². The third-order valence-corrected chi connectivity index (χ3v) is 3.51. The Labute approximate surface area is 82.2 Å². The Hall–Kier alpha value is -0.850. The highest BCUT2D eigenvalue weighted by Crippen LogP contribution is 2.31. The van der Waals surface area contributed by atoms with Crippen LogP contribution in [0.3, 0.4) is 0 Å². The molecule has 68 valence electrons. The fourth-order valence-corrected chi connectivity index (χ4v) is 2.69. The number of rotatable bonds is 2. The molecule has 1 fully saturated rings. The number of nitrogens with zero attached hydrogens (tertiary/aromatic N) is 1. The predicted molar refractivity (Wildman–Crippen MR) is 53.6 cm³/mol. The van der Waals surface area contributed by atoms with Crippen molar-refractivity contribution < 1.29 is 0 Å². The summed E-state index contributed by atoms with van der Waals surface area (Å²) >= 11 is 1.69. The fraction of sp³-hybridized carbons (Fsp3) is 0.500. The highest BCUT2D eigenvalue weighted by Gasteiger charge is 2.26. The molecule has 0 amide bonds. The number of hydrogen-bond donors (Lipinski definition) is 1. The summed E-state index contributed by atoms with van der Waals surface area (Å²) in [5, 5.41) is 14.4. The minimum absolute atomic E-state index is 0.106. The maximum Gasteiger partial charge on any atom is 0.0846 e. The summed E-state index contributed by atoms with van der Waals surface area (Å²) in [5.41, 5.74) is 0. The summed E-state index contributed by atoms with van der Waals surface area (Å²) < 4.78 is 0. The van der Waals surface area contributed by atoms with Crippen molar-refractivity contribution in [3.63, 3.8) is 0 Å². The van der Waals surface area contributed by atoms with Crippen LogP contribution in [0, 0.1) is 17.2 Å². The monoisotopic (exact) mass is 192 g/mol. The van der Waals surface area contributed by atoms with Gasteiger partial charge in [0.1, 0.15) is 0 Å². The van der Waals surface area contributed by atoms with Crippen molar-refractivity contribution in [2.75, 3.05) is 13.1 Å². The largest absolute Gasteiger partial charge is 0.316 e. The molecule has 2 rings (SSSR count). The first-order valence-corrected chi connectivity index (χ1v) is 5.43. The summed E-state index contributed by atoms with van der Waals surface area (Å²) in [5.74, 6) is 0.624. The van der Waals surface area contributed by atoms with Gasteiger partial charge in [0.05, 0.1) is 12.0 Å². The van der Waals surface area contributed by atoms with Gasteiger partial charge in [-0.1, -0.05) is 6.07 Å². The maximum absolute atomic E-state index is 9.09. The highest BCUT2D eigenvalue weighted by molar-refractivity contribution is 7.10. The zero-order chi connectivity index (χ0) is 9.10. The lowest BCUT2D eigenvalue weighted by atomic mass is 9.91. The molecule has 2 heterocycles. The van der Waals surface area contributed by atoms with Crippen molar-refractivity contribution in [2.24, 2.45) is 5.92 Å². The molecule has 0 spiro atoms. The molecule has 0 bridgehead atoms. The molecule has 2 unspecified atom stereocenters. The lowest BCUT2D eigenvalue weighted by molar-refractivity contribution is 0.537. The fourth-order valence-electron chi connectivity index (χ4n) is 1.83. The molecule has 1 aliphatic heterocycles. The first-order valence-electron chi connectivity index (χ1n) is 4.55. The summed E-state index contributed by atoms with van der Waals surface area (Å²) in [6.45, 7) is 2.06. The molecule has 1 N–H and O–H groups in total. The minimum atomic E-state index is 0.106. The number of nitriles is 1. The van der Waals surface area contributed by atoms with E-state index in [0.717, 1.165) is 19.5 Å². The minimum Gasteiger partial charge on any atom is -0.316 e. The Morgan fingerprint density at radius 2 is 2.62 bits per heavy atom. The molecule has 1 aliphatic rings. The molecule has 1 aromatic rings. The molecule has 3 heteroatoms. The van der Waals surface area contributed by atoms with Crippen molar-refractivity contribution in [1.82, 2.24) is 5.32 Å². The van der Waals surface area contributed by atoms with Crippen molar-refractivity contribution in [3.8, 4) is 6.07 Å². The van der Waals surface area contributed by atoms with E-state index in [2.05, 4.69) is 17.5 Å². The van der Waals surface area contributed by atoms with Gasteiger partial charge >= 0.3 is 0 Å². The van der Waals surface area contributed by atoms with E-state index in [9.17, 15) is 0 Å². The predicted octanol–water partition coefficient (Wildman–Crippen LogP) is 1.96. The van der Waals surface area contributed by atoms with E-state index < -0.39 is 0 Å². The Bertz CT molecular complexity index is 293. The highest BCUT2D eigenvalue weighted by atomic mass is 32.1. The molecular formula is C10H12N2S. The topological polar surface area (TPSA) is 35.8 Å². The second kappa shape index (κ2) is 3.91. The van der Waals surface area contributed by atoms with Crippen LogP contribution in [0.2, 0.25) is 0 Å². The van der Waals surface area contributed by atoms with Gasteiger partial charge < -0.3 is 5.32 Å². The Balaban J connectivity index is 2.14. The lowest BCUT2D eigenvalue weighted by Gasteiger charge is -2.13. The second-order valence-corrected chi connectivity index (χ2v) is 4.35. The Morgan fingerprint density at radius 1 is 1.69 bits per heavy atom. The average Bonchev–Trinajstić information content (AvgIpc) is 2.76. The van der Waals surface area contributed by atoms with E-state index in [1.54, 1.807) is 11.3 Å². The second-order valence-electron chi connectivity index (χ2n) is 3.38. The van der Waals surface area contributed by atoms with E-state index in [0.29, 0.717) is 5.92 Å². The molecular weight excluding hydrogens is 180 g/mol. The molecule has 2 atom stereocenters. The number of nitrogens with one attached hydrogen (secondary N) is 1. The zero-order valence-electron chi connectivity index (χ0n) is 7.36. The smallest absolute Gasteiger partial charge is 0.0846 e. The molecule has 0 aromatic carbocycles. The van der Waals surface area contributed by atoms with E-state index in [-0.39, 0.29) is 5.92 Å². The summed E-state index contributed by atoms with van der Waals surface area (Å²) in [7, 11) is 0. The van der Waals surface area contributed by atoms with E-state index >= 15 is 0 Å². The molecule has 1 aromatic heterocycles. The maximum atomic E-state index is 9.09. The van der Waals surface area contributed by atoms with E-state index in [1.807, 2.05) is 11.4 Å². The van der Waals surface area contributed by atoms with Gasteiger partial charge in [0, 0.05) is 4.88 Å². The normalized spacial score (nSPS) is 24.1. The van der Waals surface area contributed by atoms with Crippen LogP contribution in [0.4, 0.5) is 0 Å². The van der Waals surface area contributed by atoms with E-state index in [4.69, 9.17) is 5.26 Å². The quantitative estimate of drug-likeness (QED) is 0.777. The standard InChI is InChI=1S/C10H12N2S/c11-6-9(8-3-4-12-7-8)10-2-1-5-13-10/h1-2,5,8-9,12H,3-4,7H2. The summed E-state index contributed by atoms with van der Waals surface area (Å²) in [6.07, 6.45) is 1.14. The summed E-state index contributed by atoms with van der Waals surface area (Å²) in [6, 6.07) is 6.50. The van der Waals surface area contributed by atoms with Crippen molar-refractivity contribution in [3.05, 3.63) is 22.4 Å². The van der Waals surface area contributed by atoms with Crippen LogP contribution in [0.1, 0.15) is 17.2 Å². The van der Waals surface area contributed by atoms with Crippen LogP contribution in [0.15, 0.2) is 17.5 Å². The average molecular weight is 192 g/mol. The SMILES string of the molecule is N#CC(c1cccs1)C1CCNC1. The van der Waals surface area contributed by atoms with Crippen LogP contribution in [0.5, 0.6) is 0 Å². The third kappa shape index (κ3) is 1.74. The molecule has 1 saturated heterocycles. The first kappa shape index (κ1) is 8.74. The van der Waals surface area contributed by atoms with Crippen LogP contribution >= 0.6 is 11.3 Å². The zero-order valence-corrected chi connectivity index (χ0v) is 8.18. The van der Waals surface area contributed by atoms with Crippen molar-refractivity contribution in [1.29, 1.82) is 5.26 Å². The third-order valence-electron chi connectivity index (χ3n) is 2.56. The van der Waals surface area contributed by atoms with Crippen LogP contribution in [-0.2, 0) is 0 Å². The van der Waals surface area contributed by atoms with Crippen LogP contribution in [-0.4, -0.2) is 13.1 Å². The van der Waals surface area contributed by atoms with E-state index in [1.165, 1.54) is 4.88 Å². The van der Waals surface area contributed by atoms with Crippen molar-refractivity contribution in [2.45, 2.75) is 12.3 Å². The van der Waals surface area contributed by atoms with Gasteiger partial charge in [-0.15, -0.1) is 11.3 Å². The van der Waals surface area contributed by atoms with Gasteiger partial charge in [-0.25, -0.2) is 0 Å². The van der Waals surface area contributed by atoms with Crippen molar-refractivity contribution >= 4 is 11.3 Å². The Morgan fingerprint density at radius 3 is 3.15 bits per heavy atom. The van der Waals surface area contributed by atoms with Crippen LogP contribution in [0.25, 0.3) is 0 Å². The van der Waals surface area contributed by atoms with Crippen LogP contribution < -0.4 is 5.32 Å².